The lowest BCUT2D eigenvalue weighted by Crippen LogP contribution is -2.46. The van der Waals surface area contributed by atoms with Crippen LogP contribution in [0.15, 0.2) is 35.4 Å². The number of amides is 1. The summed E-state index contributed by atoms with van der Waals surface area (Å²) in [7, 11) is 0. The summed E-state index contributed by atoms with van der Waals surface area (Å²) in [5, 5.41) is 24.4. The summed E-state index contributed by atoms with van der Waals surface area (Å²) in [6.45, 7) is 2.02. The normalized spacial score (nSPS) is 18.8. The second kappa shape index (κ2) is 3.70. The Balaban J connectivity index is 2.45. The van der Waals surface area contributed by atoms with Crippen molar-refractivity contribution < 1.29 is 15.0 Å². The van der Waals surface area contributed by atoms with Gasteiger partial charge in [0.2, 0.25) is 0 Å². The molecule has 0 spiro atoms. The van der Waals surface area contributed by atoms with Gasteiger partial charge < -0.3 is 10.2 Å². The number of carbonyl (C=O) groups excluding carboxylic acids is 1. The van der Waals surface area contributed by atoms with Crippen molar-refractivity contribution in [1.82, 2.24) is 5.01 Å². The molecule has 1 aliphatic rings. The molecule has 0 unspecified atom stereocenters. The molecule has 0 radical (unpaired) electrons. The lowest BCUT2D eigenvalue weighted by atomic mass is 10.0. The van der Waals surface area contributed by atoms with Crippen LogP contribution in [0.2, 0.25) is 0 Å². The highest BCUT2D eigenvalue weighted by molar-refractivity contribution is 6.20. The van der Waals surface area contributed by atoms with Gasteiger partial charge in [0, 0.05) is 12.1 Å². The fourth-order valence-corrected chi connectivity index (χ4v) is 1.59. The Kier molecular flexibility index (Phi) is 2.49. The van der Waals surface area contributed by atoms with Gasteiger partial charge in [-0.2, -0.15) is 5.10 Å². The monoisotopic (exact) mass is 220 g/mol. The van der Waals surface area contributed by atoms with Crippen LogP contribution in [-0.2, 0) is 4.79 Å². The Labute approximate surface area is 92.6 Å². The van der Waals surface area contributed by atoms with E-state index < -0.39 is 11.7 Å². The molecule has 1 aliphatic heterocycles. The molecule has 1 aromatic carbocycles. The first kappa shape index (κ1) is 10.8. The smallest absolute Gasteiger partial charge is 0.309 e. The average Bonchev–Trinajstić information content (AvgIpc) is 2.52. The van der Waals surface area contributed by atoms with E-state index in [9.17, 15) is 15.0 Å². The van der Waals surface area contributed by atoms with Gasteiger partial charge in [0.1, 0.15) is 5.71 Å². The van der Waals surface area contributed by atoms with E-state index in [4.69, 9.17) is 0 Å². The second-order valence-electron chi connectivity index (χ2n) is 3.51. The first-order valence-electron chi connectivity index (χ1n) is 4.98. The third-order valence-corrected chi connectivity index (χ3v) is 2.43. The van der Waals surface area contributed by atoms with Crippen molar-refractivity contribution in [3.05, 3.63) is 35.9 Å². The van der Waals surface area contributed by atoms with E-state index in [2.05, 4.69) is 5.10 Å². The number of nitrogens with zero attached hydrogens (tertiary/aromatic N) is 2. The Morgan fingerprint density at radius 3 is 2.44 bits per heavy atom. The van der Waals surface area contributed by atoms with Gasteiger partial charge in [0.25, 0.3) is 5.79 Å². The quantitative estimate of drug-likeness (QED) is 0.685. The lowest BCUT2D eigenvalue weighted by Gasteiger charge is -2.15. The van der Waals surface area contributed by atoms with E-state index in [1.165, 1.54) is 0 Å². The molecule has 0 aliphatic carbocycles. The Bertz CT molecular complexity index is 440. The maximum atomic E-state index is 11.6. The minimum absolute atomic E-state index is 0.0278. The van der Waals surface area contributed by atoms with Crippen molar-refractivity contribution in [2.75, 3.05) is 6.54 Å². The standard InChI is InChI=1S/C11H12N2O3/c1-2-13-10(14)11(15,16)9(12-13)8-6-4-3-5-7-8/h3-7,15-16H,2H2,1H3. The largest absolute Gasteiger partial charge is 0.353 e. The van der Waals surface area contributed by atoms with Crippen molar-refractivity contribution in [2.45, 2.75) is 12.7 Å². The van der Waals surface area contributed by atoms with Gasteiger partial charge in [-0.25, -0.2) is 5.01 Å². The molecule has 1 aromatic rings. The number of aliphatic hydroxyl groups is 2. The van der Waals surface area contributed by atoms with Crippen molar-refractivity contribution in [3.63, 3.8) is 0 Å². The molecule has 0 bridgehead atoms. The molecule has 0 saturated heterocycles. The first-order chi connectivity index (χ1) is 7.57. The third kappa shape index (κ3) is 1.50. The predicted molar refractivity (Wildman–Crippen MR) is 57.5 cm³/mol. The van der Waals surface area contributed by atoms with E-state index in [0.29, 0.717) is 12.1 Å². The van der Waals surface area contributed by atoms with Gasteiger partial charge >= 0.3 is 5.91 Å². The molecule has 16 heavy (non-hydrogen) atoms. The van der Waals surface area contributed by atoms with E-state index in [1.807, 2.05) is 0 Å². The molecule has 1 heterocycles. The van der Waals surface area contributed by atoms with Crippen LogP contribution in [0.3, 0.4) is 0 Å². The summed E-state index contributed by atoms with van der Waals surface area (Å²) >= 11 is 0. The van der Waals surface area contributed by atoms with Gasteiger partial charge in [-0.15, -0.1) is 0 Å². The average molecular weight is 220 g/mol. The maximum absolute atomic E-state index is 11.6. The fourth-order valence-electron chi connectivity index (χ4n) is 1.59. The molecular weight excluding hydrogens is 208 g/mol. The van der Waals surface area contributed by atoms with Gasteiger partial charge in [0.05, 0.1) is 0 Å². The van der Waals surface area contributed by atoms with E-state index in [0.717, 1.165) is 5.01 Å². The van der Waals surface area contributed by atoms with Gasteiger partial charge in [-0.3, -0.25) is 4.79 Å². The van der Waals surface area contributed by atoms with E-state index in [-0.39, 0.29) is 5.71 Å². The van der Waals surface area contributed by atoms with E-state index in [1.54, 1.807) is 37.3 Å². The highest BCUT2D eigenvalue weighted by Gasteiger charge is 2.48. The van der Waals surface area contributed by atoms with Crippen LogP contribution >= 0.6 is 0 Å². The Morgan fingerprint density at radius 1 is 1.31 bits per heavy atom. The molecule has 0 aromatic heterocycles. The highest BCUT2D eigenvalue weighted by Crippen LogP contribution is 2.22. The van der Waals surface area contributed by atoms with Crippen LogP contribution < -0.4 is 0 Å². The second-order valence-corrected chi connectivity index (χ2v) is 3.51. The lowest BCUT2D eigenvalue weighted by molar-refractivity contribution is -0.167. The molecular formula is C11H12N2O3. The molecule has 2 N–H and O–H groups in total. The Morgan fingerprint density at radius 2 is 1.94 bits per heavy atom. The van der Waals surface area contributed by atoms with Crippen molar-refractivity contribution >= 4 is 11.6 Å². The van der Waals surface area contributed by atoms with Crippen LogP contribution in [0.1, 0.15) is 12.5 Å². The number of hydrogen-bond donors (Lipinski definition) is 2. The Hall–Kier alpha value is -1.72. The highest BCUT2D eigenvalue weighted by atomic mass is 16.5. The molecule has 84 valence electrons. The van der Waals surface area contributed by atoms with Crippen LogP contribution in [0.5, 0.6) is 0 Å². The third-order valence-electron chi connectivity index (χ3n) is 2.43. The summed E-state index contributed by atoms with van der Waals surface area (Å²) < 4.78 is 0. The SMILES string of the molecule is CCN1N=C(c2ccccc2)C(O)(O)C1=O. The van der Waals surface area contributed by atoms with Crippen LogP contribution in [0, 0.1) is 0 Å². The van der Waals surface area contributed by atoms with Crippen LogP contribution in [-0.4, -0.2) is 39.2 Å². The van der Waals surface area contributed by atoms with Gasteiger partial charge in [-0.1, -0.05) is 30.3 Å². The van der Waals surface area contributed by atoms with Crippen LogP contribution in [0.4, 0.5) is 0 Å². The van der Waals surface area contributed by atoms with Crippen molar-refractivity contribution in [3.8, 4) is 0 Å². The molecule has 5 nitrogen and oxygen atoms in total. The molecule has 1 amide bonds. The zero-order valence-electron chi connectivity index (χ0n) is 8.79. The summed E-state index contributed by atoms with van der Waals surface area (Å²) in [5.41, 5.74) is 0.497. The molecule has 5 heteroatoms. The molecule has 0 saturated carbocycles. The molecule has 2 rings (SSSR count). The first-order valence-corrected chi connectivity index (χ1v) is 4.98. The molecule has 0 fully saturated rings. The number of hydrogen-bond acceptors (Lipinski definition) is 4. The van der Waals surface area contributed by atoms with Crippen molar-refractivity contribution in [2.24, 2.45) is 5.10 Å². The summed E-state index contributed by atoms with van der Waals surface area (Å²) in [6, 6.07) is 8.63. The topological polar surface area (TPSA) is 73.1 Å². The van der Waals surface area contributed by atoms with Crippen molar-refractivity contribution in [1.29, 1.82) is 0 Å². The zero-order valence-corrected chi connectivity index (χ0v) is 8.79. The number of carbonyl (C=O) groups is 1. The summed E-state index contributed by atoms with van der Waals surface area (Å²) in [5.74, 6) is -3.33. The predicted octanol–water partition coefficient (Wildman–Crippen LogP) is -0.0663. The summed E-state index contributed by atoms with van der Waals surface area (Å²) in [6.07, 6.45) is 0. The minimum atomic E-state index is -2.52. The summed E-state index contributed by atoms with van der Waals surface area (Å²) in [4.78, 5) is 11.6. The number of likely N-dealkylation sites (N-methyl/N-ethyl adjacent to an activating group) is 1. The van der Waals surface area contributed by atoms with Crippen LogP contribution in [0.25, 0.3) is 0 Å². The van der Waals surface area contributed by atoms with Gasteiger partial charge in [0.15, 0.2) is 0 Å². The zero-order chi connectivity index (χ0) is 11.8. The number of benzene rings is 1. The minimum Gasteiger partial charge on any atom is -0.353 e. The van der Waals surface area contributed by atoms with E-state index >= 15 is 0 Å². The number of rotatable bonds is 2. The van der Waals surface area contributed by atoms with Gasteiger partial charge in [-0.05, 0) is 6.92 Å². The fraction of sp³-hybridized carbons (Fsp3) is 0.273. The molecule has 0 atom stereocenters. The maximum Gasteiger partial charge on any atom is 0.309 e. The number of hydrazone groups is 1.